The van der Waals surface area contributed by atoms with Gasteiger partial charge in [-0.25, -0.2) is 4.39 Å². The Morgan fingerprint density at radius 2 is 1.95 bits per heavy atom. The standard InChI is InChI=1S/C31H36FN3O5/c1-2-3-15-34-16-18-38-27-13-5-4-9-23(27)10-6-7-14-31(30(34)37)22-35(17-19-39-31)29(36)28-21-26(33-40-28)24-11-8-12-25(32)20-24/h4-5,8-9,11-13,20-21H,2-3,6-7,10,14-19,22H2,1H3. The Balaban J connectivity index is 1.37. The lowest BCUT2D eigenvalue weighted by Crippen LogP contribution is -2.62. The third kappa shape index (κ3) is 6.20. The first-order valence-corrected chi connectivity index (χ1v) is 14.1. The quantitative estimate of drug-likeness (QED) is 0.439. The normalized spacial score (nSPS) is 20.4. The first-order chi connectivity index (χ1) is 19.5. The van der Waals surface area contributed by atoms with E-state index in [-0.39, 0.29) is 30.7 Å². The first-order valence-electron chi connectivity index (χ1n) is 14.1. The lowest BCUT2D eigenvalue weighted by molar-refractivity contribution is -0.170. The number of fused-ring (bicyclic) bond motifs is 1. The van der Waals surface area contributed by atoms with Crippen molar-refractivity contribution in [2.75, 3.05) is 39.4 Å². The number of benzene rings is 2. The summed E-state index contributed by atoms with van der Waals surface area (Å²) in [5, 5.41) is 3.99. The minimum Gasteiger partial charge on any atom is -0.491 e. The van der Waals surface area contributed by atoms with Crippen molar-refractivity contribution in [3.8, 4) is 17.0 Å². The second kappa shape index (κ2) is 12.6. The summed E-state index contributed by atoms with van der Waals surface area (Å²) in [6.45, 7) is 4.20. The number of morpholine rings is 1. The monoisotopic (exact) mass is 549 g/mol. The highest BCUT2D eigenvalue weighted by Crippen LogP contribution is 2.31. The van der Waals surface area contributed by atoms with Gasteiger partial charge in [-0.3, -0.25) is 9.59 Å². The molecule has 2 aliphatic heterocycles. The SMILES string of the molecule is CCCCN1CCOc2ccccc2CCCCC2(CN(C(=O)c3cc(-c4cccc(F)c4)no3)CCO2)C1=O. The van der Waals surface area contributed by atoms with Gasteiger partial charge in [-0.1, -0.05) is 48.8 Å². The fraction of sp³-hybridized carbons (Fsp3) is 0.452. The molecule has 0 N–H and O–H groups in total. The highest BCUT2D eigenvalue weighted by Gasteiger charge is 2.47. The number of unbranched alkanes of at least 4 members (excludes halogenated alkanes) is 1. The lowest BCUT2D eigenvalue weighted by Gasteiger charge is -2.44. The zero-order valence-electron chi connectivity index (χ0n) is 22.9. The van der Waals surface area contributed by atoms with Crippen LogP contribution in [0.1, 0.15) is 55.1 Å². The van der Waals surface area contributed by atoms with E-state index in [4.69, 9.17) is 14.0 Å². The van der Waals surface area contributed by atoms with E-state index in [0.29, 0.717) is 43.9 Å². The largest absolute Gasteiger partial charge is 0.491 e. The van der Waals surface area contributed by atoms with E-state index in [1.54, 1.807) is 17.0 Å². The number of ether oxygens (including phenoxy) is 2. The van der Waals surface area contributed by atoms with Gasteiger partial charge in [0.25, 0.3) is 11.8 Å². The highest BCUT2D eigenvalue weighted by atomic mass is 19.1. The van der Waals surface area contributed by atoms with E-state index >= 15 is 0 Å². The number of amides is 2. The van der Waals surface area contributed by atoms with Crippen LogP contribution in [0.3, 0.4) is 0 Å². The fourth-order valence-corrected chi connectivity index (χ4v) is 5.46. The van der Waals surface area contributed by atoms with E-state index in [1.165, 1.54) is 18.2 Å². The molecular weight excluding hydrogens is 513 g/mol. The fourth-order valence-electron chi connectivity index (χ4n) is 5.46. The molecule has 8 nitrogen and oxygen atoms in total. The average molecular weight is 550 g/mol. The van der Waals surface area contributed by atoms with Crippen LogP contribution in [0.15, 0.2) is 59.1 Å². The molecule has 9 heteroatoms. The topological polar surface area (TPSA) is 85.1 Å². The van der Waals surface area contributed by atoms with Crippen molar-refractivity contribution in [2.45, 2.75) is 51.0 Å². The van der Waals surface area contributed by atoms with Crippen molar-refractivity contribution < 1.29 is 28.0 Å². The molecule has 0 saturated carbocycles. The number of hydrogen-bond acceptors (Lipinski definition) is 6. The van der Waals surface area contributed by atoms with Gasteiger partial charge in [-0.05, 0) is 55.9 Å². The molecule has 1 saturated heterocycles. The number of carbonyl (C=O) groups excluding carboxylic acids is 2. The van der Waals surface area contributed by atoms with Crippen molar-refractivity contribution in [1.82, 2.24) is 15.0 Å². The maximum atomic E-state index is 14.2. The summed E-state index contributed by atoms with van der Waals surface area (Å²) in [6.07, 6.45) is 4.78. The molecule has 0 aliphatic carbocycles. The maximum absolute atomic E-state index is 14.2. The Labute approximate surface area is 234 Å². The van der Waals surface area contributed by atoms with E-state index in [0.717, 1.165) is 43.4 Å². The number of para-hydroxylation sites is 1. The Morgan fingerprint density at radius 3 is 2.80 bits per heavy atom. The number of rotatable bonds is 5. The number of aromatic nitrogens is 1. The van der Waals surface area contributed by atoms with Crippen molar-refractivity contribution in [1.29, 1.82) is 0 Å². The molecule has 2 amide bonds. The van der Waals surface area contributed by atoms with Crippen molar-refractivity contribution in [3.63, 3.8) is 0 Å². The number of halogens is 1. The summed E-state index contributed by atoms with van der Waals surface area (Å²) < 4.78 is 31.5. The molecule has 40 heavy (non-hydrogen) atoms. The average Bonchev–Trinajstić information content (AvgIpc) is 3.47. The van der Waals surface area contributed by atoms with Gasteiger partial charge >= 0.3 is 0 Å². The van der Waals surface area contributed by atoms with Crippen LogP contribution < -0.4 is 4.74 Å². The molecule has 1 fully saturated rings. The summed E-state index contributed by atoms with van der Waals surface area (Å²) in [4.78, 5) is 31.1. The van der Waals surface area contributed by atoms with Gasteiger partial charge in [-0.15, -0.1) is 0 Å². The second-order valence-electron chi connectivity index (χ2n) is 10.5. The molecule has 1 aromatic heterocycles. The molecule has 0 radical (unpaired) electrons. The summed E-state index contributed by atoms with van der Waals surface area (Å²) in [7, 11) is 0. The van der Waals surface area contributed by atoms with Crippen LogP contribution in [-0.4, -0.2) is 71.8 Å². The van der Waals surface area contributed by atoms with E-state index in [9.17, 15) is 14.0 Å². The molecule has 1 unspecified atom stereocenters. The molecule has 5 rings (SSSR count). The Hall–Kier alpha value is -3.72. The molecule has 2 aliphatic rings. The predicted molar refractivity (Wildman–Crippen MR) is 147 cm³/mol. The van der Waals surface area contributed by atoms with Crippen LogP contribution in [0.5, 0.6) is 5.75 Å². The van der Waals surface area contributed by atoms with Crippen molar-refractivity contribution >= 4 is 11.8 Å². The first kappa shape index (κ1) is 27.8. The zero-order chi connectivity index (χ0) is 28.0. The molecule has 3 heterocycles. The zero-order valence-corrected chi connectivity index (χ0v) is 22.9. The summed E-state index contributed by atoms with van der Waals surface area (Å²) in [5.74, 6) is 0.0508. The van der Waals surface area contributed by atoms with Gasteiger partial charge < -0.3 is 23.8 Å². The molecular formula is C31H36FN3O5. The van der Waals surface area contributed by atoms with Gasteiger partial charge in [0.15, 0.2) is 5.60 Å². The molecule has 1 atom stereocenters. The highest BCUT2D eigenvalue weighted by molar-refractivity contribution is 5.94. The number of carbonyl (C=O) groups is 2. The Bertz CT molecular complexity index is 1330. The van der Waals surface area contributed by atoms with Gasteiger partial charge in [-0.2, -0.15) is 0 Å². The smallest absolute Gasteiger partial charge is 0.292 e. The minimum atomic E-state index is -1.15. The third-order valence-electron chi connectivity index (χ3n) is 7.64. The number of hydrogen-bond donors (Lipinski definition) is 0. The van der Waals surface area contributed by atoms with Crippen molar-refractivity contribution in [3.05, 3.63) is 71.7 Å². The Morgan fingerprint density at radius 1 is 1.07 bits per heavy atom. The van der Waals surface area contributed by atoms with E-state index in [2.05, 4.69) is 18.1 Å². The van der Waals surface area contributed by atoms with Crippen LogP contribution in [0.2, 0.25) is 0 Å². The second-order valence-corrected chi connectivity index (χ2v) is 10.5. The van der Waals surface area contributed by atoms with Gasteiger partial charge in [0.05, 0.1) is 19.7 Å². The van der Waals surface area contributed by atoms with Gasteiger partial charge in [0.2, 0.25) is 5.76 Å². The van der Waals surface area contributed by atoms with Gasteiger partial charge in [0, 0.05) is 24.7 Å². The van der Waals surface area contributed by atoms with Gasteiger partial charge in [0.1, 0.15) is 23.9 Å². The summed E-state index contributed by atoms with van der Waals surface area (Å²) in [6, 6.07) is 15.5. The molecule has 3 aromatic rings. The molecule has 212 valence electrons. The number of aryl methyl sites for hydroxylation is 1. The third-order valence-corrected chi connectivity index (χ3v) is 7.64. The van der Waals surface area contributed by atoms with Crippen LogP contribution in [0, 0.1) is 5.82 Å². The molecule has 0 bridgehead atoms. The van der Waals surface area contributed by atoms with Crippen LogP contribution in [0.4, 0.5) is 4.39 Å². The Kier molecular flexibility index (Phi) is 8.79. The van der Waals surface area contributed by atoms with E-state index in [1.807, 2.05) is 23.1 Å². The lowest BCUT2D eigenvalue weighted by atomic mass is 9.90. The van der Waals surface area contributed by atoms with Crippen LogP contribution in [-0.2, 0) is 16.0 Å². The predicted octanol–water partition coefficient (Wildman–Crippen LogP) is 5.13. The van der Waals surface area contributed by atoms with Crippen LogP contribution >= 0.6 is 0 Å². The minimum absolute atomic E-state index is 0.0461. The van der Waals surface area contributed by atoms with Crippen LogP contribution in [0.25, 0.3) is 11.3 Å². The number of nitrogens with zero attached hydrogens (tertiary/aromatic N) is 3. The molecule has 2 aromatic carbocycles. The van der Waals surface area contributed by atoms with Crippen molar-refractivity contribution in [2.24, 2.45) is 0 Å². The maximum Gasteiger partial charge on any atom is 0.292 e. The summed E-state index contributed by atoms with van der Waals surface area (Å²) >= 11 is 0. The van der Waals surface area contributed by atoms with E-state index < -0.39 is 11.4 Å². The molecule has 1 spiro atoms. The summed E-state index contributed by atoms with van der Waals surface area (Å²) in [5.41, 5.74) is 0.903.